The Bertz CT molecular complexity index is 1600. The van der Waals surface area contributed by atoms with Gasteiger partial charge in [0.15, 0.2) is 5.60 Å². The molecule has 1 unspecified atom stereocenters. The van der Waals surface area contributed by atoms with Gasteiger partial charge in [-0.15, -0.1) is 0 Å². The minimum Gasteiger partial charge on any atom is -0.472 e. The Morgan fingerprint density at radius 2 is 1.46 bits per heavy atom. The molecule has 7 rings (SSSR count). The predicted octanol–water partition coefficient (Wildman–Crippen LogP) is 7.47. The van der Waals surface area contributed by atoms with Crippen molar-refractivity contribution in [2.24, 2.45) is 0 Å². The highest BCUT2D eigenvalue weighted by atomic mass is 16.5. The third-order valence-corrected chi connectivity index (χ3v) is 7.44. The van der Waals surface area contributed by atoms with Gasteiger partial charge in [-0.3, -0.25) is 0 Å². The Morgan fingerprint density at radius 3 is 2.31 bits per heavy atom. The second-order valence-electron chi connectivity index (χ2n) is 9.15. The lowest BCUT2D eigenvalue weighted by Crippen LogP contribution is -2.40. The molecule has 4 aromatic carbocycles. The first-order chi connectivity index (χ1) is 17.2. The van der Waals surface area contributed by atoms with E-state index in [1.165, 1.54) is 0 Å². The zero-order valence-electron chi connectivity index (χ0n) is 19.8. The molecule has 2 aliphatic rings. The Balaban J connectivity index is 1.61. The lowest BCUT2D eigenvalue weighted by molar-refractivity contribution is 0.139. The maximum absolute atomic E-state index is 7.15. The Hall–Kier alpha value is -4.18. The molecule has 0 aliphatic carbocycles. The van der Waals surface area contributed by atoms with Gasteiger partial charge in [-0.25, -0.2) is 0 Å². The van der Waals surface area contributed by atoms with E-state index in [1.54, 1.807) is 0 Å². The number of anilines is 1. The van der Waals surface area contributed by atoms with Gasteiger partial charge >= 0.3 is 0 Å². The number of hydrogen-bond acceptors (Lipinski definition) is 3. The summed E-state index contributed by atoms with van der Waals surface area (Å²) in [5, 5.41) is 1.16. The lowest BCUT2D eigenvalue weighted by Gasteiger charge is -2.43. The molecule has 172 valence electrons. The summed E-state index contributed by atoms with van der Waals surface area (Å²) in [7, 11) is 0. The quantitative estimate of drug-likeness (QED) is 0.305. The lowest BCUT2D eigenvalue weighted by atomic mass is 9.74. The van der Waals surface area contributed by atoms with Crippen LogP contribution in [0.4, 0.5) is 5.69 Å². The molecule has 4 heteroatoms. The van der Waals surface area contributed by atoms with E-state index >= 15 is 0 Å². The van der Waals surface area contributed by atoms with Crippen LogP contribution in [0.25, 0.3) is 22.2 Å². The molecular weight excluding hydrogens is 432 g/mol. The molecule has 0 radical (unpaired) electrons. The minimum absolute atomic E-state index is 0.826. The van der Waals surface area contributed by atoms with Crippen molar-refractivity contribution >= 4 is 16.6 Å². The molecule has 0 bridgehead atoms. The number of nitrogens with zero attached hydrogens (tertiary/aromatic N) is 1. The molecular formula is C31H26N2O2. The second-order valence-corrected chi connectivity index (χ2v) is 9.15. The number of ether oxygens (including phenoxy) is 2. The van der Waals surface area contributed by atoms with Crippen molar-refractivity contribution in [3.63, 3.8) is 0 Å². The van der Waals surface area contributed by atoms with E-state index < -0.39 is 5.60 Å². The number of benzene rings is 4. The first-order valence-electron chi connectivity index (χ1n) is 12.3. The number of hydrogen-bond donors (Lipinski definition) is 1. The van der Waals surface area contributed by atoms with Gasteiger partial charge in [0.05, 0.1) is 5.69 Å². The zero-order valence-corrected chi connectivity index (χ0v) is 19.8. The summed E-state index contributed by atoms with van der Waals surface area (Å²) in [6.07, 6.45) is 0. The van der Waals surface area contributed by atoms with Crippen LogP contribution in [0.2, 0.25) is 0 Å². The topological polar surface area (TPSA) is 37.5 Å². The molecule has 0 amide bonds. The maximum atomic E-state index is 7.15. The minimum atomic E-state index is -0.838. The molecule has 1 N–H and O–H groups in total. The van der Waals surface area contributed by atoms with Gasteiger partial charge in [0.2, 0.25) is 0 Å². The Labute approximate surface area is 204 Å². The molecule has 0 fully saturated rings. The van der Waals surface area contributed by atoms with Gasteiger partial charge in [0, 0.05) is 58.0 Å². The summed E-state index contributed by atoms with van der Waals surface area (Å²) in [4.78, 5) is 6.06. The maximum Gasteiger partial charge on any atom is 0.194 e. The summed E-state index contributed by atoms with van der Waals surface area (Å²) in [5.41, 5.74) is 6.77. The summed E-state index contributed by atoms with van der Waals surface area (Å²) in [6.45, 7) is 6.24. The molecule has 2 aliphatic heterocycles. The number of aromatic amines is 1. The molecule has 35 heavy (non-hydrogen) atoms. The summed E-state index contributed by atoms with van der Waals surface area (Å²) in [6, 6.07) is 31.6. The van der Waals surface area contributed by atoms with Crippen molar-refractivity contribution in [2.45, 2.75) is 19.4 Å². The summed E-state index contributed by atoms with van der Waals surface area (Å²) >= 11 is 0. The molecule has 4 nitrogen and oxygen atoms in total. The van der Waals surface area contributed by atoms with E-state index in [4.69, 9.17) is 9.47 Å². The van der Waals surface area contributed by atoms with Crippen molar-refractivity contribution in [2.75, 3.05) is 18.0 Å². The number of fused-ring (bicyclic) bond motifs is 10. The van der Waals surface area contributed by atoms with Crippen LogP contribution in [0.1, 0.15) is 30.5 Å². The fourth-order valence-electron chi connectivity index (χ4n) is 5.85. The van der Waals surface area contributed by atoms with Crippen molar-refractivity contribution in [3.8, 4) is 28.5 Å². The number of H-pyrrole nitrogens is 1. The van der Waals surface area contributed by atoms with E-state index in [2.05, 4.69) is 96.5 Å². The van der Waals surface area contributed by atoms with Crippen molar-refractivity contribution in [1.29, 1.82) is 0 Å². The van der Waals surface area contributed by atoms with Crippen molar-refractivity contribution in [3.05, 3.63) is 108 Å². The van der Waals surface area contributed by atoms with E-state index in [1.807, 2.05) is 18.2 Å². The highest BCUT2D eigenvalue weighted by Crippen LogP contribution is 2.59. The summed E-state index contributed by atoms with van der Waals surface area (Å²) < 4.78 is 13.7. The van der Waals surface area contributed by atoms with Crippen molar-refractivity contribution in [1.82, 2.24) is 4.98 Å². The molecule has 0 saturated carbocycles. The number of aromatic nitrogens is 1. The van der Waals surface area contributed by atoms with Crippen LogP contribution in [-0.4, -0.2) is 18.1 Å². The first-order valence-corrected chi connectivity index (χ1v) is 12.3. The highest BCUT2D eigenvalue weighted by Gasteiger charge is 2.51. The van der Waals surface area contributed by atoms with Gasteiger partial charge < -0.3 is 19.4 Å². The average molecular weight is 459 g/mol. The van der Waals surface area contributed by atoms with Crippen LogP contribution in [-0.2, 0) is 5.60 Å². The molecule has 1 spiro atoms. The van der Waals surface area contributed by atoms with E-state index in [0.29, 0.717) is 0 Å². The Morgan fingerprint density at radius 1 is 0.743 bits per heavy atom. The van der Waals surface area contributed by atoms with Gasteiger partial charge in [-0.05, 0) is 50.2 Å². The zero-order chi connectivity index (χ0) is 23.6. The molecule has 3 heterocycles. The number of para-hydroxylation sites is 3. The fraction of sp³-hybridized carbons (Fsp3) is 0.161. The molecule has 1 aromatic heterocycles. The van der Waals surface area contributed by atoms with Gasteiger partial charge in [0.1, 0.15) is 17.2 Å². The van der Waals surface area contributed by atoms with Crippen LogP contribution in [0, 0.1) is 0 Å². The standard InChI is InChI=1S/C31H26N2O2/c1-3-33(4-2)20-17-18-24-28(19-20)34-27-16-10-7-13-23(27)31(24)29-21-11-5-8-14-25(21)32-30(29)22-12-6-9-15-26(22)35-31/h5-19,32H,3-4H2,1-2H3. The molecule has 5 aromatic rings. The van der Waals surface area contributed by atoms with Crippen LogP contribution in [0.15, 0.2) is 91.0 Å². The van der Waals surface area contributed by atoms with Crippen LogP contribution in [0.5, 0.6) is 17.2 Å². The number of rotatable bonds is 3. The van der Waals surface area contributed by atoms with E-state index in [9.17, 15) is 0 Å². The van der Waals surface area contributed by atoms with E-state index in [-0.39, 0.29) is 0 Å². The van der Waals surface area contributed by atoms with Gasteiger partial charge in [-0.2, -0.15) is 0 Å². The average Bonchev–Trinajstić information content (AvgIpc) is 3.30. The van der Waals surface area contributed by atoms with Crippen LogP contribution in [0.3, 0.4) is 0 Å². The third-order valence-electron chi connectivity index (χ3n) is 7.44. The SMILES string of the molecule is CCN(CC)c1ccc2c(c1)Oc1ccccc1C21Oc2ccccc2-c2[nH]c3ccccc3c21. The second kappa shape index (κ2) is 7.41. The van der Waals surface area contributed by atoms with Crippen molar-refractivity contribution < 1.29 is 9.47 Å². The molecule has 0 saturated heterocycles. The normalized spacial score (nSPS) is 17.1. The smallest absolute Gasteiger partial charge is 0.194 e. The fourth-order valence-corrected chi connectivity index (χ4v) is 5.85. The largest absolute Gasteiger partial charge is 0.472 e. The number of nitrogens with one attached hydrogen (secondary N) is 1. The predicted molar refractivity (Wildman–Crippen MR) is 141 cm³/mol. The van der Waals surface area contributed by atoms with Crippen LogP contribution >= 0.6 is 0 Å². The van der Waals surface area contributed by atoms with Crippen LogP contribution < -0.4 is 14.4 Å². The Kier molecular flexibility index (Phi) is 4.28. The van der Waals surface area contributed by atoms with Gasteiger partial charge in [-0.1, -0.05) is 48.5 Å². The highest BCUT2D eigenvalue weighted by molar-refractivity contribution is 5.96. The van der Waals surface area contributed by atoms with E-state index in [0.717, 1.165) is 74.9 Å². The third kappa shape index (κ3) is 2.68. The summed E-state index contributed by atoms with van der Waals surface area (Å²) in [5.74, 6) is 2.53. The first kappa shape index (κ1) is 20.2. The monoisotopic (exact) mass is 458 g/mol. The molecule has 1 atom stereocenters. The van der Waals surface area contributed by atoms with Gasteiger partial charge in [0.25, 0.3) is 0 Å².